The summed E-state index contributed by atoms with van der Waals surface area (Å²) in [6.07, 6.45) is 76.4. The monoisotopic (exact) mass is 957 g/mol. The molecule has 1 unspecified atom stereocenters. The molecule has 0 aromatic carbocycles. The van der Waals surface area contributed by atoms with Crippen LogP contribution >= 0.6 is 0 Å². The molecule has 0 amide bonds. The van der Waals surface area contributed by atoms with Crippen LogP contribution in [0, 0.1) is 0 Å². The van der Waals surface area contributed by atoms with E-state index in [1.54, 1.807) is 0 Å². The molecule has 0 saturated heterocycles. The fourth-order valence-electron chi connectivity index (χ4n) is 7.48. The first kappa shape index (κ1) is 65.1. The molecule has 0 N–H and O–H groups in total. The smallest absolute Gasteiger partial charge is 0.306 e. The number of unbranched alkanes of at least 4 members (excludes halogenated alkanes) is 21. The lowest BCUT2D eigenvalue weighted by molar-refractivity contribution is -0.167. The summed E-state index contributed by atoms with van der Waals surface area (Å²) in [7, 11) is 0. The first-order chi connectivity index (χ1) is 34.0. The zero-order chi connectivity index (χ0) is 50.0. The van der Waals surface area contributed by atoms with Crippen LogP contribution in [0.1, 0.15) is 252 Å². The van der Waals surface area contributed by atoms with Crippen molar-refractivity contribution in [3.05, 3.63) is 109 Å². The van der Waals surface area contributed by atoms with Crippen LogP contribution in [0.5, 0.6) is 0 Å². The molecule has 6 heteroatoms. The van der Waals surface area contributed by atoms with Gasteiger partial charge in [0.1, 0.15) is 13.2 Å². The zero-order valence-electron chi connectivity index (χ0n) is 44.8. The third-order valence-corrected chi connectivity index (χ3v) is 11.7. The van der Waals surface area contributed by atoms with Gasteiger partial charge in [0.05, 0.1) is 0 Å². The topological polar surface area (TPSA) is 78.9 Å². The number of allylic oxidation sites excluding steroid dienone is 18. The second kappa shape index (κ2) is 56.7. The standard InChI is InChI=1S/C63H104O6/c1-4-7-10-13-16-19-22-25-27-29-30-31-32-34-35-38-41-44-47-50-53-56-62(65)68-59-60(58-67-61(64)55-52-49-46-43-40-37-24-21-18-15-12-9-6-3)69-63(66)57-54-51-48-45-42-39-36-33-28-26-23-20-17-14-11-8-5-2/h7,10,12,15-17,19-21,24-28,30-31,34-35,60H,4-6,8-9,11,13-14,18,22-23,29,32-33,36-59H2,1-3H3/b10-7-,15-12-,19-16-,20-17-,24-21-,27-25-,28-26-,31-30-,35-34-. The number of esters is 3. The van der Waals surface area contributed by atoms with E-state index in [4.69, 9.17) is 14.2 Å². The summed E-state index contributed by atoms with van der Waals surface area (Å²) in [4.78, 5) is 38.1. The molecule has 0 aromatic heterocycles. The van der Waals surface area contributed by atoms with E-state index in [1.165, 1.54) is 57.8 Å². The van der Waals surface area contributed by atoms with Gasteiger partial charge in [-0.1, -0.05) is 220 Å². The van der Waals surface area contributed by atoms with Crippen molar-refractivity contribution < 1.29 is 28.6 Å². The van der Waals surface area contributed by atoms with Gasteiger partial charge in [0.25, 0.3) is 0 Å². The van der Waals surface area contributed by atoms with E-state index >= 15 is 0 Å². The molecule has 69 heavy (non-hydrogen) atoms. The minimum absolute atomic E-state index is 0.0966. The summed E-state index contributed by atoms with van der Waals surface area (Å²) in [5, 5.41) is 0. The third kappa shape index (κ3) is 54.9. The molecule has 0 radical (unpaired) electrons. The van der Waals surface area contributed by atoms with Crippen molar-refractivity contribution in [2.75, 3.05) is 13.2 Å². The molecule has 0 heterocycles. The van der Waals surface area contributed by atoms with Gasteiger partial charge >= 0.3 is 17.9 Å². The highest BCUT2D eigenvalue weighted by Crippen LogP contribution is 2.14. The van der Waals surface area contributed by atoms with Gasteiger partial charge in [-0.2, -0.15) is 0 Å². The summed E-state index contributed by atoms with van der Waals surface area (Å²) >= 11 is 0. The Morgan fingerprint density at radius 1 is 0.304 bits per heavy atom. The van der Waals surface area contributed by atoms with Gasteiger partial charge in [-0.15, -0.1) is 0 Å². The molecule has 0 aliphatic carbocycles. The Bertz CT molecular complexity index is 1420. The number of ether oxygens (including phenoxy) is 3. The molecule has 0 spiro atoms. The predicted molar refractivity (Wildman–Crippen MR) is 297 cm³/mol. The van der Waals surface area contributed by atoms with Crippen molar-refractivity contribution in [1.82, 2.24) is 0 Å². The Balaban J connectivity index is 4.44. The van der Waals surface area contributed by atoms with Gasteiger partial charge in [-0.3, -0.25) is 14.4 Å². The van der Waals surface area contributed by atoms with Gasteiger partial charge in [0.2, 0.25) is 0 Å². The van der Waals surface area contributed by atoms with E-state index < -0.39 is 6.10 Å². The van der Waals surface area contributed by atoms with Crippen LogP contribution in [0.2, 0.25) is 0 Å². The van der Waals surface area contributed by atoms with E-state index in [1.807, 2.05) is 0 Å². The number of carbonyl (C=O) groups excluding carboxylic acids is 3. The van der Waals surface area contributed by atoms with E-state index in [0.717, 1.165) is 154 Å². The van der Waals surface area contributed by atoms with Crippen LogP contribution in [0.4, 0.5) is 0 Å². The number of carbonyl (C=O) groups is 3. The van der Waals surface area contributed by atoms with Gasteiger partial charge in [0, 0.05) is 19.3 Å². The van der Waals surface area contributed by atoms with Crippen LogP contribution < -0.4 is 0 Å². The Hall–Kier alpha value is -3.93. The second-order valence-electron chi connectivity index (χ2n) is 18.5. The Morgan fingerprint density at radius 3 is 0.942 bits per heavy atom. The van der Waals surface area contributed by atoms with Gasteiger partial charge in [-0.25, -0.2) is 0 Å². The minimum atomic E-state index is -0.799. The Morgan fingerprint density at radius 2 is 0.594 bits per heavy atom. The quantitative estimate of drug-likeness (QED) is 0.0262. The molecule has 6 nitrogen and oxygen atoms in total. The maximum Gasteiger partial charge on any atom is 0.306 e. The first-order valence-electron chi connectivity index (χ1n) is 28.4. The highest BCUT2D eigenvalue weighted by atomic mass is 16.6. The van der Waals surface area contributed by atoms with Crippen molar-refractivity contribution in [3.8, 4) is 0 Å². The lowest BCUT2D eigenvalue weighted by Gasteiger charge is -2.18. The third-order valence-electron chi connectivity index (χ3n) is 11.7. The Labute approximate surface area is 425 Å². The fraction of sp³-hybridized carbons (Fsp3) is 0.667. The summed E-state index contributed by atoms with van der Waals surface area (Å²) in [6, 6.07) is 0. The lowest BCUT2D eigenvalue weighted by atomic mass is 10.1. The first-order valence-corrected chi connectivity index (χ1v) is 28.4. The molecule has 0 aromatic rings. The molecular formula is C63H104O6. The number of hydrogen-bond donors (Lipinski definition) is 0. The summed E-state index contributed by atoms with van der Waals surface area (Å²) in [6.45, 7) is 6.40. The fourth-order valence-corrected chi connectivity index (χ4v) is 7.48. The van der Waals surface area contributed by atoms with Crippen LogP contribution in [-0.2, 0) is 28.6 Å². The summed E-state index contributed by atoms with van der Waals surface area (Å²) < 4.78 is 16.8. The molecule has 0 fully saturated rings. The van der Waals surface area contributed by atoms with E-state index in [9.17, 15) is 14.4 Å². The van der Waals surface area contributed by atoms with Crippen LogP contribution in [0.3, 0.4) is 0 Å². The summed E-state index contributed by atoms with van der Waals surface area (Å²) in [5.41, 5.74) is 0. The van der Waals surface area contributed by atoms with Gasteiger partial charge < -0.3 is 14.2 Å². The minimum Gasteiger partial charge on any atom is -0.462 e. The van der Waals surface area contributed by atoms with Crippen molar-refractivity contribution in [2.24, 2.45) is 0 Å². The van der Waals surface area contributed by atoms with Gasteiger partial charge in [0.15, 0.2) is 6.10 Å². The van der Waals surface area contributed by atoms with Crippen molar-refractivity contribution >= 4 is 17.9 Å². The van der Waals surface area contributed by atoms with Crippen LogP contribution in [0.15, 0.2) is 109 Å². The number of rotatable bonds is 50. The van der Waals surface area contributed by atoms with Crippen molar-refractivity contribution in [1.29, 1.82) is 0 Å². The molecule has 0 bridgehead atoms. The molecule has 0 saturated carbocycles. The molecule has 0 aliphatic rings. The zero-order valence-corrected chi connectivity index (χ0v) is 44.8. The van der Waals surface area contributed by atoms with Crippen molar-refractivity contribution in [2.45, 2.75) is 258 Å². The van der Waals surface area contributed by atoms with E-state index in [-0.39, 0.29) is 31.1 Å². The molecule has 392 valence electrons. The maximum absolute atomic E-state index is 12.9. The van der Waals surface area contributed by atoms with Crippen molar-refractivity contribution in [3.63, 3.8) is 0 Å². The lowest BCUT2D eigenvalue weighted by Crippen LogP contribution is -2.30. The van der Waals surface area contributed by atoms with Crippen LogP contribution in [0.25, 0.3) is 0 Å². The van der Waals surface area contributed by atoms with E-state index in [0.29, 0.717) is 19.3 Å². The average molecular weight is 958 g/mol. The second-order valence-corrected chi connectivity index (χ2v) is 18.5. The normalized spacial score (nSPS) is 12.9. The molecule has 0 rings (SSSR count). The highest BCUT2D eigenvalue weighted by molar-refractivity contribution is 5.71. The molecule has 0 aliphatic heterocycles. The largest absolute Gasteiger partial charge is 0.462 e. The number of hydrogen-bond acceptors (Lipinski definition) is 6. The average Bonchev–Trinajstić information content (AvgIpc) is 3.35. The Kier molecular flexibility index (Phi) is 53.4. The maximum atomic E-state index is 12.9. The highest BCUT2D eigenvalue weighted by Gasteiger charge is 2.19. The SMILES string of the molecule is CC/C=C\C/C=C\C/C=C\C/C=C\C/C=C\CCCCCCCC(=O)OCC(COC(=O)CCCCCCC/C=C\C/C=C\CCC)OC(=O)CCCCCCCCC/C=C\C/C=C\CCCCC. The van der Waals surface area contributed by atoms with E-state index in [2.05, 4.69) is 130 Å². The molecule has 1 atom stereocenters. The molecular weight excluding hydrogens is 853 g/mol. The predicted octanol–water partition coefficient (Wildman–Crippen LogP) is 19.1. The van der Waals surface area contributed by atoms with Crippen LogP contribution in [-0.4, -0.2) is 37.2 Å². The van der Waals surface area contributed by atoms with Gasteiger partial charge in [-0.05, 0) is 122 Å². The summed E-state index contributed by atoms with van der Waals surface area (Å²) in [5.74, 6) is -0.937.